The van der Waals surface area contributed by atoms with E-state index < -0.39 is 0 Å². The van der Waals surface area contributed by atoms with Crippen molar-refractivity contribution in [2.75, 3.05) is 30.4 Å². The van der Waals surface area contributed by atoms with Crippen molar-refractivity contribution >= 4 is 35.1 Å². The van der Waals surface area contributed by atoms with Gasteiger partial charge in [0.05, 0.1) is 0 Å². The third kappa shape index (κ3) is 6.16. The summed E-state index contributed by atoms with van der Waals surface area (Å²) in [5.41, 5.74) is 0.544. The highest BCUT2D eigenvalue weighted by Crippen LogP contribution is 2.14. The van der Waals surface area contributed by atoms with Crippen LogP contribution < -0.4 is 10.6 Å². The number of carbonyl (C=O) groups excluding carboxylic acids is 1. The Balaban J connectivity index is 2.60. The van der Waals surface area contributed by atoms with E-state index in [0.717, 1.165) is 25.1 Å². The summed E-state index contributed by atoms with van der Waals surface area (Å²) in [5.74, 6) is 1.58. The Morgan fingerprint density at radius 3 is 2.89 bits per heavy atom. The van der Waals surface area contributed by atoms with Crippen molar-refractivity contribution in [3.8, 4) is 0 Å². The zero-order valence-corrected chi connectivity index (χ0v) is 12.9. The van der Waals surface area contributed by atoms with E-state index in [1.807, 2.05) is 0 Å². The van der Waals surface area contributed by atoms with Crippen LogP contribution in [0.1, 0.15) is 30.1 Å². The van der Waals surface area contributed by atoms with Crippen LogP contribution in [0.25, 0.3) is 0 Å². The van der Waals surface area contributed by atoms with Crippen molar-refractivity contribution in [3.63, 3.8) is 0 Å². The highest BCUT2D eigenvalue weighted by molar-refractivity contribution is 7.98. The summed E-state index contributed by atoms with van der Waals surface area (Å²) in [7, 11) is 0. The van der Waals surface area contributed by atoms with Crippen molar-refractivity contribution in [1.29, 1.82) is 0 Å². The van der Waals surface area contributed by atoms with Gasteiger partial charge in [0.25, 0.3) is 5.91 Å². The molecule has 0 unspecified atom stereocenters. The number of halogens is 1. The fourth-order valence-electron chi connectivity index (χ4n) is 1.49. The average molecular weight is 302 g/mol. The number of amides is 1. The minimum Gasteiger partial charge on any atom is -0.370 e. The fourth-order valence-corrected chi connectivity index (χ4v) is 2.13. The SMILES string of the molecule is CCCNc1cc(C(=O)NCCCSC)cc(Cl)n1. The molecule has 1 aromatic heterocycles. The second-order valence-electron chi connectivity index (χ2n) is 4.09. The van der Waals surface area contributed by atoms with E-state index in [-0.39, 0.29) is 5.91 Å². The molecule has 0 saturated heterocycles. The first-order valence-electron chi connectivity index (χ1n) is 6.36. The van der Waals surface area contributed by atoms with Crippen LogP contribution in [0.3, 0.4) is 0 Å². The van der Waals surface area contributed by atoms with E-state index in [1.165, 1.54) is 0 Å². The predicted octanol–water partition coefficient (Wildman–Crippen LogP) is 3.04. The molecule has 0 spiro atoms. The van der Waals surface area contributed by atoms with Gasteiger partial charge in [-0.3, -0.25) is 4.79 Å². The second-order valence-corrected chi connectivity index (χ2v) is 5.47. The lowest BCUT2D eigenvalue weighted by atomic mass is 10.2. The van der Waals surface area contributed by atoms with Crippen LogP contribution in [0.2, 0.25) is 5.15 Å². The lowest BCUT2D eigenvalue weighted by Crippen LogP contribution is -2.25. The number of pyridine rings is 1. The molecule has 1 aromatic rings. The molecule has 0 radical (unpaired) electrons. The Labute approximate surface area is 123 Å². The number of thioether (sulfide) groups is 1. The number of nitrogens with zero attached hydrogens (tertiary/aromatic N) is 1. The van der Waals surface area contributed by atoms with Crippen LogP contribution in [0, 0.1) is 0 Å². The second kappa shape index (κ2) is 9.04. The number of nitrogens with one attached hydrogen (secondary N) is 2. The maximum atomic E-state index is 12.0. The molecule has 6 heteroatoms. The molecule has 4 nitrogen and oxygen atoms in total. The van der Waals surface area contributed by atoms with E-state index in [0.29, 0.717) is 23.1 Å². The van der Waals surface area contributed by atoms with E-state index in [2.05, 4.69) is 28.8 Å². The van der Waals surface area contributed by atoms with Crippen LogP contribution in [0.4, 0.5) is 5.82 Å². The molecule has 2 N–H and O–H groups in total. The Morgan fingerprint density at radius 1 is 1.42 bits per heavy atom. The molecule has 1 heterocycles. The topological polar surface area (TPSA) is 54.0 Å². The number of rotatable bonds is 8. The summed E-state index contributed by atoms with van der Waals surface area (Å²) in [6, 6.07) is 3.31. The predicted molar refractivity (Wildman–Crippen MR) is 83.4 cm³/mol. The Kier molecular flexibility index (Phi) is 7.67. The van der Waals surface area contributed by atoms with E-state index >= 15 is 0 Å². The van der Waals surface area contributed by atoms with E-state index in [1.54, 1.807) is 23.9 Å². The standard InChI is InChI=1S/C13H20ClN3OS/c1-3-5-15-12-9-10(8-11(14)17-12)13(18)16-6-4-7-19-2/h8-9H,3-7H2,1-2H3,(H,15,17)(H,16,18). The van der Waals surface area contributed by atoms with Gasteiger partial charge in [-0.25, -0.2) is 4.98 Å². The molecule has 0 fully saturated rings. The molecule has 0 aromatic carbocycles. The molecule has 0 saturated carbocycles. The Bertz CT molecular complexity index is 415. The zero-order chi connectivity index (χ0) is 14.1. The quantitative estimate of drug-likeness (QED) is 0.572. The summed E-state index contributed by atoms with van der Waals surface area (Å²) in [4.78, 5) is 16.1. The number of hydrogen-bond acceptors (Lipinski definition) is 4. The lowest BCUT2D eigenvalue weighted by molar-refractivity contribution is 0.0953. The van der Waals surface area contributed by atoms with Crippen molar-refractivity contribution < 1.29 is 4.79 Å². The first-order chi connectivity index (χ1) is 9.17. The van der Waals surface area contributed by atoms with Crippen molar-refractivity contribution in [1.82, 2.24) is 10.3 Å². The van der Waals surface area contributed by atoms with Crippen LogP contribution in [-0.4, -0.2) is 36.0 Å². The summed E-state index contributed by atoms with van der Waals surface area (Å²) in [5, 5.41) is 6.33. The average Bonchev–Trinajstić information content (AvgIpc) is 2.40. The largest absolute Gasteiger partial charge is 0.370 e. The Morgan fingerprint density at radius 2 is 2.21 bits per heavy atom. The van der Waals surface area contributed by atoms with E-state index in [4.69, 9.17) is 11.6 Å². The molecule has 106 valence electrons. The molecular formula is C13H20ClN3OS. The molecule has 0 aliphatic carbocycles. The summed E-state index contributed by atoms with van der Waals surface area (Å²) in [6.45, 7) is 3.55. The number of aromatic nitrogens is 1. The van der Waals surface area contributed by atoms with Gasteiger partial charge in [0.1, 0.15) is 11.0 Å². The molecule has 0 aliphatic heterocycles. The summed E-state index contributed by atoms with van der Waals surface area (Å²) < 4.78 is 0. The molecule has 0 bridgehead atoms. The third-order valence-corrected chi connectivity index (χ3v) is 3.31. The molecule has 0 atom stereocenters. The maximum absolute atomic E-state index is 12.0. The third-order valence-electron chi connectivity index (χ3n) is 2.42. The zero-order valence-electron chi connectivity index (χ0n) is 11.3. The first kappa shape index (κ1) is 16.1. The van der Waals surface area contributed by atoms with Gasteiger partial charge in [0.15, 0.2) is 0 Å². The van der Waals surface area contributed by atoms with Gasteiger partial charge >= 0.3 is 0 Å². The van der Waals surface area contributed by atoms with Crippen LogP contribution >= 0.6 is 23.4 Å². The highest BCUT2D eigenvalue weighted by atomic mass is 35.5. The summed E-state index contributed by atoms with van der Waals surface area (Å²) in [6.07, 6.45) is 4.01. The van der Waals surface area contributed by atoms with Gasteiger partial charge in [-0.15, -0.1) is 0 Å². The Hall–Kier alpha value is -0.940. The van der Waals surface area contributed by atoms with Crippen molar-refractivity contribution in [2.45, 2.75) is 19.8 Å². The van der Waals surface area contributed by atoms with Crippen LogP contribution in [0.15, 0.2) is 12.1 Å². The summed E-state index contributed by atoms with van der Waals surface area (Å²) >= 11 is 7.69. The van der Waals surface area contributed by atoms with Gasteiger partial charge in [-0.05, 0) is 37.0 Å². The van der Waals surface area contributed by atoms with Gasteiger partial charge < -0.3 is 10.6 Å². The number of hydrogen-bond donors (Lipinski definition) is 2. The molecule has 0 aliphatic rings. The maximum Gasteiger partial charge on any atom is 0.251 e. The monoisotopic (exact) mass is 301 g/mol. The van der Waals surface area contributed by atoms with Gasteiger partial charge in [-0.1, -0.05) is 18.5 Å². The molecule has 1 rings (SSSR count). The molecule has 1 amide bonds. The fraction of sp³-hybridized carbons (Fsp3) is 0.538. The van der Waals surface area contributed by atoms with Crippen molar-refractivity contribution in [2.24, 2.45) is 0 Å². The normalized spacial score (nSPS) is 10.3. The number of anilines is 1. The van der Waals surface area contributed by atoms with Gasteiger partial charge in [0, 0.05) is 18.7 Å². The van der Waals surface area contributed by atoms with Crippen LogP contribution in [0.5, 0.6) is 0 Å². The first-order valence-corrected chi connectivity index (χ1v) is 8.13. The highest BCUT2D eigenvalue weighted by Gasteiger charge is 2.08. The minimum absolute atomic E-state index is 0.107. The van der Waals surface area contributed by atoms with E-state index in [9.17, 15) is 4.79 Å². The van der Waals surface area contributed by atoms with Gasteiger partial charge in [-0.2, -0.15) is 11.8 Å². The molecule has 19 heavy (non-hydrogen) atoms. The minimum atomic E-state index is -0.107. The van der Waals surface area contributed by atoms with Crippen molar-refractivity contribution in [3.05, 3.63) is 22.8 Å². The lowest BCUT2D eigenvalue weighted by Gasteiger charge is -2.08. The molecular weight excluding hydrogens is 282 g/mol. The number of carbonyl (C=O) groups is 1. The van der Waals surface area contributed by atoms with Crippen LogP contribution in [-0.2, 0) is 0 Å². The smallest absolute Gasteiger partial charge is 0.251 e. The van der Waals surface area contributed by atoms with Gasteiger partial charge in [0.2, 0.25) is 0 Å².